The molecule has 6 heteroatoms. The van der Waals surface area contributed by atoms with Crippen molar-refractivity contribution in [3.63, 3.8) is 0 Å². The maximum absolute atomic E-state index is 6.03. The summed E-state index contributed by atoms with van der Waals surface area (Å²) in [7, 11) is 1.62. The molecule has 0 unspecified atom stereocenters. The van der Waals surface area contributed by atoms with Gasteiger partial charge in [0.05, 0.1) is 17.2 Å². The summed E-state index contributed by atoms with van der Waals surface area (Å²) in [6, 6.07) is 9.28. The Hall–Kier alpha value is -1.20. The zero-order valence-corrected chi connectivity index (χ0v) is 16.3. The van der Waals surface area contributed by atoms with Crippen molar-refractivity contribution in [1.29, 1.82) is 0 Å². The maximum Gasteiger partial charge on any atom is 0.162 e. The fraction of sp³-hybridized carbons (Fsp3) is 0.222. The quantitative estimate of drug-likeness (QED) is 0.435. The van der Waals surface area contributed by atoms with Gasteiger partial charge in [0.2, 0.25) is 0 Å². The van der Waals surface area contributed by atoms with Crippen molar-refractivity contribution in [2.24, 2.45) is 0 Å². The van der Waals surface area contributed by atoms with Crippen molar-refractivity contribution in [2.75, 3.05) is 13.7 Å². The van der Waals surface area contributed by atoms with Crippen LogP contribution in [0.15, 0.2) is 47.5 Å². The van der Waals surface area contributed by atoms with Crippen LogP contribution in [0.4, 0.5) is 0 Å². The molecule has 0 saturated carbocycles. The highest BCUT2D eigenvalue weighted by Gasteiger charge is 2.11. The summed E-state index contributed by atoms with van der Waals surface area (Å²) in [6.07, 6.45) is 1.82. The minimum atomic E-state index is 0.369. The molecular formula is C18H18BrCl2NO2. The van der Waals surface area contributed by atoms with Gasteiger partial charge in [-0.15, -0.1) is 6.58 Å². The van der Waals surface area contributed by atoms with Crippen molar-refractivity contribution in [1.82, 2.24) is 5.32 Å². The number of hydrogen-bond donors (Lipinski definition) is 1. The van der Waals surface area contributed by atoms with Gasteiger partial charge in [0.1, 0.15) is 6.61 Å². The second-order valence-electron chi connectivity index (χ2n) is 5.05. The molecule has 0 aliphatic heterocycles. The van der Waals surface area contributed by atoms with Crippen molar-refractivity contribution < 1.29 is 9.47 Å². The van der Waals surface area contributed by atoms with Gasteiger partial charge in [0, 0.05) is 17.6 Å². The molecule has 0 heterocycles. The molecule has 0 saturated heterocycles. The molecule has 2 aromatic carbocycles. The standard InChI is InChI=1S/C18H18BrCl2NO2/c1-3-6-22-10-13-8-17(23-2)18(9-14(13)19)24-11-12-4-5-15(20)16(21)7-12/h3-5,7-9,22H,1,6,10-11H2,2H3. The van der Waals surface area contributed by atoms with Crippen LogP contribution in [0, 0.1) is 0 Å². The van der Waals surface area contributed by atoms with Crippen molar-refractivity contribution >= 4 is 39.1 Å². The molecule has 0 radical (unpaired) electrons. The Morgan fingerprint density at radius 2 is 1.96 bits per heavy atom. The second-order valence-corrected chi connectivity index (χ2v) is 6.72. The third kappa shape index (κ3) is 5.15. The van der Waals surface area contributed by atoms with Gasteiger partial charge >= 0.3 is 0 Å². The lowest BCUT2D eigenvalue weighted by molar-refractivity contribution is 0.284. The normalized spacial score (nSPS) is 10.5. The van der Waals surface area contributed by atoms with Crippen LogP contribution >= 0.6 is 39.1 Å². The Labute approximate surface area is 160 Å². The van der Waals surface area contributed by atoms with Gasteiger partial charge in [0.25, 0.3) is 0 Å². The number of benzene rings is 2. The van der Waals surface area contributed by atoms with Crippen molar-refractivity contribution in [2.45, 2.75) is 13.2 Å². The summed E-state index contributed by atoms with van der Waals surface area (Å²) in [6.45, 7) is 5.50. The average Bonchev–Trinajstić information content (AvgIpc) is 2.57. The number of methoxy groups -OCH3 is 1. The van der Waals surface area contributed by atoms with Gasteiger partial charge in [0.15, 0.2) is 11.5 Å². The van der Waals surface area contributed by atoms with Crippen molar-refractivity contribution in [3.8, 4) is 11.5 Å². The number of halogens is 3. The van der Waals surface area contributed by atoms with E-state index in [4.69, 9.17) is 32.7 Å². The minimum Gasteiger partial charge on any atom is -0.493 e. The SMILES string of the molecule is C=CCNCc1cc(OC)c(OCc2ccc(Cl)c(Cl)c2)cc1Br. The lowest BCUT2D eigenvalue weighted by Gasteiger charge is -2.14. The van der Waals surface area contributed by atoms with Crippen LogP contribution in [0.5, 0.6) is 11.5 Å². The minimum absolute atomic E-state index is 0.369. The summed E-state index contributed by atoms with van der Waals surface area (Å²) in [4.78, 5) is 0. The zero-order valence-electron chi connectivity index (χ0n) is 13.2. The summed E-state index contributed by atoms with van der Waals surface area (Å²) in [5.74, 6) is 1.33. The smallest absolute Gasteiger partial charge is 0.162 e. The van der Waals surface area contributed by atoms with Gasteiger partial charge in [-0.2, -0.15) is 0 Å². The molecule has 24 heavy (non-hydrogen) atoms. The fourth-order valence-corrected chi connectivity index (χ4v) is 2.87. The van der Waals surface area contributed by atoms with Crippen LogP contribution in [0.2, 0.25) is 10.0 Å². The van der Waals surface area contributed by atoms with Crippen molar-refractivity contribution in [3.05, 3.63) is 68.6 Å². The fourth-order valence-electron chi connectivity index (χ4n) is 2.08. The second kappa shape index (κ2) is 9.33. The molecule has 128 valence electrons. The molecule has 3 nitrogen and oxygen atoms in total. The molecule has 0 spiro atoms. The molecule has 2 aromatic rings. The Bertz CT molecular complexity index is 722. The molecule has 0 aliphatic carbocycles. The highest BCUT2D eigenvalue weighted by Crippen LogP contribution is 2.34. The highest BCUT2D eigenvalue weighted by atomic mass is 79.9. The van der Waals surface area contributed by atoms with Crippen LogP contribution in [-0.2, 0) is 13.2 Å². The third-order valence-corrected chi connectivity index (χ3v) is 4.79. The third-order valence-electron chi connectivity index (χ3n) is 3.32. The maximum atomic E-state index is 6.03. The van der Waals surface area contributed by atoms with E-state index in [1.807, 2.05) is 24.3 Å². The van der Waals surface area contributed by atoms with E-state index in [1.165, 1.54) is 0 Å². The first-order valence-electron chi connectivity index (χ1n) is 7.30. The van der Waals surface area contributed by atoms with E-state index in [1.54, 1.807) is 19.2 Å². The molecule has 1 N–H and O–H groups in total. The monoisotopic (exact) mass is 429 g/mol. The largest absolute Gasteiger partial charge is 0.493 e. The predicted octanol–water partition coefficient (Wildman–Crippen LogP) is 5.62. The zero-order chi connectivity index (χ0) is 17.5. The molecule has 0 atom stereocenters. The summed E-state index contributed by atoms with van der Waals surface area (Å²) < 4.78 is 12.3. The number of nitrogens with one attached hydrogen (secondary N) is 1. The van der Waals surface area contributed by atoms with Crippen LogP contribution in [-0.4, -0.2) is 13.7 Å². The first kappa shape index (κ1) is 19.1. The Balaban J connectivity index is 2.12. The summed E-state index contributed by atoms with van der Waals surface area (Å²) in [5.41, 5.74) is 2.01. The van der Waals surface area contributed by atoms with Gasteiger partial charge in [-0.25, -0.2) is 0 Å². The van der Waals surface area contributed by atoms with Gasteiger partial charge in [-0.3, -0.25) is 0 Å². The van der Waals surface area contributed by atoms with Crippen LogP contribution in [0.1, 0.15) is 11.1 Å². The van der Waals surface area contributed by atoms with E-state index < -0.39 is 0 Å². The van der Waals surface area contributed by atoms with Crippen LogP contribution < -0.4 is 14.8 Å². The molecule has 0 aromatic heterocycles. The average molecular weight is 431 g/mol. The van der Waals surface area contributed by atoms with E-state index in [-0.39, 0.29) is 0 Å². The van der Waals surface area contributed by atoms with Gasteiger partial charge in [-0.1, -0.05) is 51.3 Å². The molecule has 0 bridgehead atoms. The Morgan fingerprint density at radius 1 is 1.17 bits per heavy atom. The molecule has 2 rings (SSSR count). The van der Waals surface area contributed by atoms with Crippen LogP contribution in [0.3, 0.4) is 0 Å². The van der Waals surface area contributed by atoms with E-state index in [0.29, 0.717) is 34.7 Å². The van der Waals surface area contributed by atoms with E-state index in [9.17, 15) is 0 Å². The number of rotatable bonds is 8. The highest BCUT2D eigenvalue weighted by molar-refractivity contribution is 9.10. The topological polar surface area (TPSA) is 30.5 Å². The first-order valence-corrected chi connectivity index (χ1v) is 8.84. The number of ether oxygens (including phenoxy) is 2. The lowest BCUT2D eigenvalue weighted by atomic mass is 10.2. The first-order chi connectivity index (χ1) is 11.5. The van der Waals surface area contributed by atoms with E-state index >= 15 is 0 Å². The number of hydrogen-bond acceptors (Lipinski definition) is 3. The molecule has 0 aliphatic rings. The van der Waals surface area contributed by atoms with Gasteiger partial charge in [-0.05, 0) is 35.4 Å². The molecule has 0 amide bonds. The summed E-state index contributed by atoms with van der Waals surface area (Å²) in [5, 5.41) is 4.29. The molecular weight excluding hydrogens is 413 g/mol. The van der Waals surface area contributed by atoms with E-state index in [2.05, 4.69) is 27.8 Å². The lowest BCUT2D eigenvalue weighted by Crippen LogP contribution is -2.13. The Kier molecular flexibility index (Phi) is 7.43. The van der Waals surface area contributed by atoms with Gasteiger partial charge < -0.3 is 14.8 Å². The van der Waals surface area contributed by atoms with E-state index in [0.717, 1.165) is 22.1 Å². The predicted molar refractivity (Wildman–Crippen MR) is 103 cm³/mol. The summed E-state index contributed by atoms with van der Waals surface area (Å²) >= 11 is 15.5. The Morgan fingerprint density at radius 3 is 2.62 bits per heavy atom. The molecule has 0 fully saturated rings. The van der Waals surface area contributed by atoms with Crippen LogP contribution in [0.25, 0.3) is 0 Å².